The molecule has 0 aliphatic rings. The van der Waals surface area contributed by atoms with Crippen LogP contribution in [-0.2, 0) is 0 Å². The van der Waals surface area contributed by atoms with Crippen LogP contribution in [0.3, 0.4) is 0 Å². The summed E-state index contributed by atoms with van der Waals surface area (Å²) in [4.78, 5) is 9.21. The van der Waals surface area contributed by atoms with Gasteiger partial charge in [-0.2, -0.15) is 16.7 Å². The lowest BCUT2D eigenvalue weighted by atomic mass is 10.2. The maximum absolute atomic E-state index is 6.06. The molecule has 0 saturated heterocycles. The quantitative estimate of drug-likeness (QED) is 0.494. The first kappa shape index (κ1) is 18.1. The molecule has 0 aliphatic carbocycles. The molecule has 1 aromatic heterocycles. The lowest BCUT2D eigenvalue weighted by molar-refractivity contribution is 1.15. The third-order valence-electron chi connectivity index (χ3n) is 3.46. The smallest absolute Gasteiger partial charge is 0.229 e. The van der Waals surface area contributed by atoms with Crippen molar-refractivity contribution in [3.05, 3.63) is 52.5 Å². The number of para-hydroxylation sites is 1. The summed E-state index contributed by atoms with van der Waals surface area (Å²) in [6, 6.07) is 13.2. The second-order valence-corrected chi connectivity index (χ2v) is 7.59. The minimum absolute atomic E-state index is 0.502. The zero-order chi connectivity index (χ0) is 17.6. The third kappa shape index (κ3) is 4.91. The van der Waals surface area contributed by atoms with Crippen molar-refractivity contribution in [2.45, 2.75) is 6.92 Å². The number of benzene rings is 2. The van der Waals surface area contributed by atoms with Crippen molar-refractivity contribution in [2.75, 3.05) is 28.7 Å². The Morgan fingerprint density at radius 2 is 1.80 bits per heavy atom. The normalized spacial score (nSPS) is 10.8. The Morgan fingerprint density at radius 3 is 2.56 bits per heavy atom. The first-order chi connectivity index (χ1) is 12.2. The van der Waals surface area contributed by atoms with Gasteiger partial charge in [0.15, 0.2) is 0 Å². The minimum atomic E-state index is 0.502. The Morgan fingerprint density at radius 1 is 1.04 bits per heavy atom. The largest absolute Gasteiger partial charge is 0.369 e. The van der Waals surface area contributed by atoms with E-state index in [1.54, 1.807) is 18.2 Å². The second-order valence-electron chi connectivity index (χ2n) is 5.32. The van der Waals surface area contributed by atoms with Crippen LogP contribution in [0, 0.1) is 0 Å². The molecule has 3 aromatic rings. The molecule has 0 radical (unpaired) electrons. The molecule has 0 bridgehead atoms. The highest BCUT2D eigenvalue weighted by Crippen LogP contribution is 2.27. The van der Waals surface area contributed by atoms with Crippen LogP contribution in [0.2, 0.25) is 10.0 Å². The van der Waals surface area contributed by atoms with Gasteiger partial charge < -0.3 is 10.6 Å². The van der Waals surface area contributed by atoms with Crippen LogP contribution in [0.25, 0.3) is 10.9 Å². The number of fused-ring (bicyclic) bond motifs is 1. The fraction of sp³-hybridized carbons (Fsp3) is 0.222. The van der Waals surface area contributed by atoms with Crippen LogP contribution in [0.5, 0.6) is 0 Å². The molecule has 0 saturated carbocycles. The molecule has 2 aromatic carbocycles. The molecule has 0 unspecified atom stereocenters. The lowest BCUT2D eigenvalue weighted by Crippen LogP contribution is -2.08. The van der Waals surface area contributed by atoms with Gasteiger partial charge in [-0.25, -0.2) is 4.98 Å². The Bertz CT molecular complexity index is 853. The summed E-state index contributed by atoms with van der Waals surface area (Å²) in [7, 11) is 0. The van der Waals surface area contributed by atoms with Crippen LogP contribution < -0.4 is 10.6 Å². The maximum atomic E-state index is 6.06. The summed E-state index contributed by atoms with van der Waals surface area (Å²) in [6.45, 7) is 3.00. The molecule has 25 heavy (non-hydrogen) atoms. The van der Waals surface area contributed by atoms with E-state index < -0.39 is 0 Å². The van der Waals surface area contributed by atoms with Gasteiger partial charge >= 0.3 is 0 Å². The van der Waals surface area contributed by atoms with Crippen molar-refractivity contribution in [3.63, 3.8) is 0 Å². The van der Waals surface area contributed by atoms with Crippen molar-refractivity contribution in [1.82, 2.24) is 9.97 Å². The molecular weight excluding hydrogens is 375 g/mol. The number of nitrogens with zero attached hydrogens (tertiary/aromatic N) is 2. The van der Waals surface area contributed by atoms with E-state index in [1.165, 1.54) is 0 Å². The molecule has 7 heteroatoms. The molecule has 4 nitrogen and oxygen atoms in total. The standard InChI is InChI=1S/C18H18Cl2N4S/c1-2-25-8-7-21-17-15-5-3-4-6-16(15)23-18(24-17)22-14-10-12(19)9-13(20)11-14/h3-6,9-11H,2,7-8H2,1H3,(H2,21,22,23,24). The van der Waals surface area contributed by atoms with Gasteiger partial charge in [-0.1, -0.05) is 42.3 Å². The number of thioether (sulfide) groups is 1. The average molecular weight is 393 g/mol. The molecule has 0 fully saturated rings. The number of hydrogen-bond acceptors (Lipinski definition) is 5. The Hall–Kier alpha value is -1.69. The number of nitrogens with one attached hydrogen (secondary N) is 2. The molecule has 0 aliphatic heterocycles. The Balaban J connectivity index is 1.89. The molecule has 0 amide bonds. The van der Waals surface area contributed by atoms with Gasteiger partial charge in [-0.05, 0) is 36.1 Å². The molecule has 0 atom stereocenters. The predicted molar refractivity (Wildman–Crippen MR) is 111 cm³/mol. The van der Waals surface area contributed by atoms with Crippen molar-refractivity contribution < 1.29 is 0 Å². The third-order valence-corrected chi connectivity index (χ3v) is 4.80. The van der Waals surface area contributed by atoms with Crippen LogP contribution in [-0.4, -0.2) is 28.0 Å². The molecular formula is C18H18Cl2N4S. The van der Waals surface area contributed by atoms with Gasteiger partial charge in [0.2, 0.25) is 5.95 Å². The molecule has 0 spiro atoms. The SMILES string of the molecule is CCSCCNc1nc(Nc2cc(Cl)cc(Cl)c2)nc2ccccc12. The molecule has 3 rings (SSSR count). The lowest BCUT2D eigenvalue weighted by Gasteiger charge is -2.12. The molecule has 130 valence electrons. The van der Waals surface area contributed by atoms with E-state index in [1.807, 2.05) is 36.0 Å². The van der Waals surface area contributed by atoms with Gasteiger partial charge in [-0.3, -0.25) is 0 Å². The fourth-order valence-electron chi connectivity index (χ4n) is 2.41. The van der Waals surface area contributed by atoms with Crippen LogP contribution in [0.1, 0.15) is 6.92 Å². The predicted octanol–water partition coefficient (Wildman–Crippen LogP) is 5.85. The topological polar surface area (TPSA) is 49.8 Å². The summed E-state index contributed by atoms with van der Waals surface area (Å²) in [5.41, 5.74) is 1.62. The van der Waals surface area contributed by atoms with E-state index in [2.05, 4.69) is 27.5 Å². The minimum Gasteiger partial charge on any atom is -0.369 e. The van der Waals surface area contributed by atoms with E-state index in [9.17, 15) is 0 Å². The summed E-state index contributed by atoms with van der Waals surface area (Å²) >= 11 is 14.0. The highest BCUT2D eigenvalue weighted by Gasteiger charge is 2.08. The van der Waals surface area contributed by atoms with Crippen LogP contribution >= 0.6 is 35.0 Å². The van der Waals surface area contributed by atoms with Crippen molar-refractivity contribution in [3.8, 4) is 0 Å². The first-order valence-electron chi connectivity index (χ1n) is 7.97. The van der Waals surface area contributed by atoms with Crippen LogP contribution in [0.15, 0.2) is 42.5 Å². The summed E-state index contributed by atoms with van der Waals surface area (Å²) < 4.78 is 0. The fourth-order valence-corrected chi connectivity index (χ4v) is 3.47. The van der Waals surface area contributed by atoms with Gasteiger partial charge in [-0.15, -0.1) is 0 Å². The first-order valence-corrected chi connectivity index (χ1v) is 9.88. The van der Waals surface area contributed by atoms with E-state index in [4.69, 9.17) is 23.2 Å². The van der Waals surface area contributed by atoms with E-state index in [0.29, 0.717) is 16.0 Å². The number of aromatic nitrogens is 2. The zero-order valence-electron chi connectivity index (χ0n) is 13.7. The zero-order valence-corrected chi connectivity index (χ0v) is 16.0. The second kappa shape index (κ2) is 8.61. The number of rotatable bonds is 7. The molecule has 1 heterocycles. The maximum Gasteiger partial charge on any atom is 0.229 e. The highest BCUT2D eigenvalue weighted by atomic mass is 35.5. The van der Waals surface area contributed by atoms with Crippen molar-refractivity contribution >= 4 is 63.3 Å². The van der Waals surface area contributed by atoms with E-state index in [-0.39, 0.29) is 0 Å². The van der Waals surface area contributed by atoms with Crippen LogP contribution in [0.4, 0.5) is 17.5 Å². The van der Waals surface area contributed by atoms with Gasteiger partial charge in [0, 0.05) is 33.4 Å². The van der Waals surface area contributed by atoms with Gasteiger partial charge in [0.05, 0.1) is 5.52 Å². The van der Waals surface area contributed by atoms with Crippen molar-refractivity contribution in [1.29, 1.82) is 0 Å². The van der Waals surface area contributed by atoms with E-state index in [0.717, 1.165) is 40.5 Å². The summed E-state index contributed by atoms with van der Waals surface area (Å²) in [6.07, 6.45) is 0. The van der Waals surface area contributed by atoms with Gasteiger partial charge in [0.25, 0.3) is 0 Å². The summed E-state index contributed by atoms with van der Waals surface area (Å²) in [5, 5.41) is 8.71. The highest BCUT2D eigenvalue weighted by molar-refractivity contribution is 7.99. The number of halogens is 2. The average Bonchev–Trinajstić information content (AvgIpc) is 2.57. The van der Waals surface area contributed by atoms with Gasteiger partial charge in [0.1, 0.15) is 5.82 Å². The number of hydrogen-bond donors (Lipinski definition) is 2. The van der Waals surface area contributed by atoms with E-state index >= 15 is 0 Å². The summed E-state index contributed by atoms with van der Waals surface area (Å²) in [5.74, 6) is 3.45. The molecule has 2 N–H and O–H groups in total. The number of anilines is 3. The Labute approximate surface area is 161 Å². The Kier molecular flexibility index (Phi) is 6.24. The van der Waals surface area contributed by atoms with Crippen molar-refractivity contribution in [2.24, 2.45) is 0 Å². The monoisotopic (exact) mass is 392 g/mol.